The number of nitrogens with two attached hydrogens (primary N) is 1. The Morgan fingerprint density at radius 2 is 2.15 bits per heavy atom. The van der Waals surface area contributed by atoms with Crippen LogP contribution in [0.25, 0.3) is 0 Å². The van der Waals surface area contributed by atoms with E-state index >= 15 is 0 Å². The van der Waals surface area contributed by atoms with Crippen molar-refractivity contribution >= 4 is 11.6 Å². The Labute approximate surface area is 114 Å². The highest BCUT2D eigenvalue weighted by Crippen LogP contribution is 2.35. The van der Waals surface area contributed by atoms with Gasteiger partial charge >= 0.3 is 6.18 Å². The van der Waals surface area contributed by atoms with Gasteiger partial charge in [0.1, 0.15) is 0 Å². The van der Waals surface area contributed by atoms with Crippen LogP contribution in [0.15, 0.2) is 18.2 Å². The van der Waals surface area contributed by atoms with Gasteiger partial charge in [-0.15, -0.1) is 0 Å². The van der Waals surface area contributed by atoms with Gasteiger partial charge in [0.05, 0.1) is 11.6 Å². The summed E-state index contributed by atoms with van der Waals surface area (Å²) in [5.74, 6) is -0.207. The summed E-state index contributed by atoms with van der Waals surface area (Å²) in [6, 6.07) is 3.50. The van der Waals surface area contributed by atoms with Crippen LogP contribution in [0.2, 0.25) is 0 Å². The second-order valence-corrected chi connectivity index (χ2v) is 4.66. The molecule has 1 amide bonds. The number of benzene rings is 1. The third-order valence-corrected chi connectivity index (χ3v) is 3.48. The fraction of sp³-hybridized carbons (Fsp3) is 0.462. The number of nitrogens with zero attached hydrogens (tertiary/aromatic N) is 1. The number of rotatable bonds is 3. The van der Waals surface area contributed by atoms with E-state index < -0.39 is 11.7 Å². The average molecular weight is 287 g/mol. The minimum Gasteiger partial charge on any atom is -0.326 e. The van der Waals surface area contributed by atoms with E-state index in [2.05, 4.69) is 5.32 Å². The predicted octanol–water partition coefficient (Wildman–Crippen LogP) is 1.49. The Bertz CT molecular complexity index is 516. The molecule has 0 aliphatic carbocycles. The Hall–Kier alpha value is -1.60. The first kappa shape index (κ1) is 14.8. The zero-order valence-electron chi connectivity index (χ0n) is 11.0. The molecule has 0 aromatic heterocycles. The highest BCUT2D eigenvalue weighted by Gasteiger charge is 2.36. The lowest BCUT2D eigenvalue weighted by Gasteiger charge is -2.20. The van der Waals surface area contributed by atoms with Crippen molar-refractivity contribution in [3.63, 3.8) is 0 Å². The highest BCUT2D eigenvalue weighted by atomic mass is 19.4. The van der Waals surface area contributed by atoms with Gasteiger partial charge in [0.15, 0.2) is 0 Å². The molecule has 1 fully saturated rings. The molecule has 7 heteroatoms. The summed E-state index contributed by atoms with van der Waals surface area (Å²) in [4.78, 5) is 13.4. The number of alkyl halides is 3. The number of halogens is 3. The van der Waals surface area contributed by atoms with Gasteiger partial charge in [-0.25, -0.2) is 0 Å². The van der Waals surface area contributed by atoms with Crippen LogP contribution in [0.3, 0.4) is 0 Å². The van der Waals surface area contributed by atoms with Crippen LogP contribution in [0.5, 0.6) is 0 Å². The summed E-state index contributed by atoms with van der Waals surface area (Å²) < 4.78 is 38.9. The molecule has 2 rings (SSSR count). The van der Waals surface area contributed by atoms with Crippen molar-refractivity contribution in [2.75, 3.05) is 18.5 Å². The maximum Gasteiger partial charge on any atom is 0.416 e. The minimum atomic E-state index is -4.48. The lowest BCUT2D eigenvalue weighted by atomic mass is 10.1. The number of anilines is 1. The van der Waals surface area contributed by atoms with E-state index in [0.717, 1.165) is 6.07 Å². The summed E-state index contributed by atoms with van der Waals surface area (Å²) >= 11 is 0. The third kappa shape index (κ3) is 2.64. The molecule has 1 aromatic carbocycles. The molecule has 1 atom stereocenters. The Morgan fingerprint density at radius 3 is 2.65 bits per heavy atom. The molecule has 1 unspecified atom stereocenters. The van der Waals surface area contributed by atoms with Crippen molar-refractivity contribution in [3.05, 3.63) is 29.3 Å². The Kier molecular flexibility index (Phi) is 4.01. The second-order valence-electron chi connectivity index (χ2n) is 4.66. The summed E-state index contributed by atoms with van der Waals surface area (Å²) in [6.07, 6.45) is -3.90. The maximum absolute atomic E-state index is 13.0. The number of carbonyl (C=O) groups is 1. The Morgan fingerprint density at radius 1 is 1.45 bits per heavy atom. The van der Waals surface area contributed by atoms with Crippen molar-refractivity contribution < 1.29 is 18.0 Å². The molecule has 0 bridgehead atoms. The summed E-state index contributed by atoms with van der Waals surface area (Å²) in [5.41, 5.74) is 4.84. The molecule has 4 nitrogen and oxygen atoms in total. The topological polar surface area (TPSA) is 58.4 Å². The van der Waals surface area contributed by atoms with Gasteiger partial charge < -0.3 is 16.0 Å². The van der Waals surface area contributed by atoms with E-state index in [1.807, 2.05) is 0 Å². The molecule has 0 spiro atoms. The zero-order chi connectivity index (χ0) is 14.9. The van der Waals surface area contributed by atoms with E-state index in [-0.39, 0.29) is 29.7 Å². The summed E-state index contributed by atoms with van der Waals surface area (Å²) in [7, 11) is 1.66. The van der Waals surface area contributed by atoms with E-state index in [9.17, 15) is 18.0 Å². The van der Waals surface area contributed by atoms with Crippen molar-refractivity contribution in [1.82, 2.24) is 5.32 Å². The number of likely N-dealkylation sites (N-methyl/N-ethyl adjacent to an activating group) is 1. The first-order valence-electron chi connectivity index (χ1n) is 6.27. The van der Waals surface area contributed by atoms with Gasteiger partial charge in [-0.05, 0) is 31.2 Å². The van der Waals surface area contributed by atoms with E-state index in [4.69, 9.17) is 5.73 Å². The molecule has 1 aliphatic rings. The maximum atomic E-state index is 13.0. The average Bonchev–Trinajstić information content (AvgIpc) is 2.78. The number of carbonyl (C=O) groups excluding carboxylic acids is 1. The Balaban J connectivity index is 2.37. The van der Waals surface area contributed by atoms with Crippen molar-refractivity contribution in [2.24, 2.45) is 5.73 Å². The van der Waals surface area contributed by atoms with E-state index in [1.165, 1.54) is 17.0 Å². The molecular formula is C13H16F3N3O. The lowest BCUT2D eigenvalue weighted by Crippen LogP contribution is -2.36. The molecule has 20 heavy (non-hydrogen) atoms. The second kappa shape index (κ2) is 5.41. The van der Waals surface area contributed by atoms with Crippen molar-refractivity contribution in [2.45, 2.75) is 25.2 Å². The molecule has 0 saturated carbocycles. The van der Waals surface area contributed by atoms with Crippen LogP contribution in [-0.4, -0.2) is 25.5 Å². The van der Waals surface area contributed by atoms with Crippen LogP contribution in [0, 0.1) is 0 Å². The standard InChI is InChI=1S/C13H16F3N3O/c1-18-11-4-5-19(12(11)20)9-3-2-8(7-17)10(6-9)13(14,15)16/h2-3,6,11,18H,4-5,7,17H2,1H3. The van der Waals surface area contributed by atoms with E-state index in [0.29, 0.717) is 13.0 Å². The molecule has 1 aromatic rings. The smallest absolute Gasteiger partial charge is 0.326 e. The van der Waals surface area contributed by atoms with Crippen molar-refractivity contribution in [1.29, 1.82) is 0 Å². The normalized spacial score (nSPS) is 19.8. The van der Waals surface area contributed by atoms with Gasteiger partial charge in [-0.3, -0.25) is 4.79 Å². The first-order valence-corrected chi connectivity index (χ1v) is 6.27. The summed E-state index contributed by atoms with van der Waals surface area (Å²) in [5, 5.41) is 2.85. The van der Waals surface area contributed by atoms with Gasteiger partial charge in [0, 0.05) is 18.8 Å². The van der Waals surface area contributed by atoms with Gasteiger partial charge in [0.25, 0.3) is 0 Å². The van der Waals surface area contributed by atoms with Crippen LogP contribution < -0.4 is 16.0 Å². The van der Waals surface area contributed by atoms with Crippen LogP contribution in [0.4, 0.5) is 18.9 Å². The van der Waals surface area contributed by atoms with Crippen LogP contribution in [-0.2, 0) is 17.5 Å². The number of hydrogen-bond acceptors (Lipinski definition) is 3. The molecule has 1 saturated heterocycles. The van der Waals surface area contributed by atoms with Gasteiger partial charge in [-0.2, -0.15) is 13.2 Å². The highest BCUT2D eigenvalue weighted by molar-refractivity contribution is 5.99. The zero-order valence-corrected chi connectivity index (χ0v) is 11.0. The predicted molar refractivity (Wildman–Crippen MR) is 69.2 cm³/mol. The van der Waals surface area contributed by atoms with Crippen LogP contribution in [0.1, 0.15) is 17.5 Å². The fourth-order valence-corrected chi connectivity index (χ4v) is 2.38. The molecule has 1 aliphatic heterocycles. The SMILES string of the molecule is CNC1CCN(c2ccc(CN)c(C(F)(F)F)c2)C1=O. The number of nitrogens with one attached hydrogen (secondary N) is 1. The fourth-order valence-electron chi connectivity index (χ4n) is 2.38. The monoisotopic (exact) mass is 287 g/mol. The molecule has 1 heterocycles. The molecule has 3 N–H and O–H groups in total. The quantitative estimate of drug-likeness (QED) is 0.885. The third-order valence-electron chi connectivity index (χ3n) is 3.48. The van der Waals surface area contributed by atoms with E-state index in [1.54, 1.807) is 7.05 Å². The number of amides is 1. The molecular weight excluding hydrogens is 271 g/mol. The van der Waals surface area contributed by atoms with Gasteiger partial charge in [0.2, 0.25) is 5.91 Å². The number of hydrogen-bond donors (Lipinski definition) is 2. The first-order chi connectivity index (χ1) is 9.38. The largest absolute Gasteiger partial charge is 0.416 e. The molecule has 0 radical (unpaired) electrons. The molecule has 110 valence electrons. The van der Waals surface area contributed by atoms with Crippen LogP contribution >= 0.6 is 0 Å². The minimum absolute atomic E-state index is 0.0260. The van der Waals surface area contributed by atoms with Crippen molar-refractivity contribution in [3.8, 4) is 0 Å². The van der Waals surface area contributed by atoms with Gasteiger partial charge in [-0.1, -0.05) is 6.07 Å². The lowest BCUT2D eigenvalue weighted by molar-refractivity contribution is -0.138. The summed E-state index contributed by atoms with van der Waals surface area (Å²) in [6.45, 7) is 0.214.